The molecule has 1 aromatic rings. The maximum absolute atomic E-state index is 12.4. The van der Waals surface area contributed by atoms with Gasteiger partial charge >= 0.3 is 5.97 Å². The molecule has 1 heterocycles. The van der Waals surface area contributed by atoms with Crippen LogP contribution in [0, 0.1) is 0 Å². The van der Waals surface area contributed by atoms with Crippen LogP contribution in [0.2, 0.25) is 0 Å². The summed E-state index contributed by atoms with van der Waals surface area (Å²) in [5, 5.41) is 0. The van der Waals surface area contributed by atoms with Crippen molar-refractivity contribution in [3.63, 3.8) is 0 Å². The summed E-state index contributed by atoms with van der Waals surface area (Å²) in [4.78, 5) is 26.0. The molecule has 5 nitrogen and oxygen atoms in total. The van der Waals surface area contributed by atoms with Crippen molar-refractivity contribution in [2.75, 3.05) is 13.1 Å². The normalized spacial score (nSPS) is 22.6. The number of hydrogen-bond donors (Lipinski definition) is 1. The van der Waals surface area contributed by atoms with Gasteiger partial charge in [-0.3, -0.25) is 9.59 Å². The van der Waals surface area contributed by atoms with E-state index >= 15 is 0 Å². The molecule has 2 atom stereocenters. The van der Waals surface area contributed by atoms with Gasteiger partial charge in [-0.15, -0.1) is 0 Å². The Morgan fingerprint density at radius 3 is 2.52 bits per heavy atom. The quantitative estimate of drug-likeness (QED) is 0.866. The number of benzene rings is 1. The standard InChI is InChI=1S/C18H26N2O3/c1-18(2,3)23-16(21)12-20-11-14(9-10-15(19)17(20)22)13-7-5-4-6-8-13/h4-8,14-15H,9-12,19H2,1-3H3. The van der Waals surface area contributed by atoms with E-state index in [0.29, 0.717) is 13.0 Å². The fraction of sp³-hybridized carbons (Fsp3) is 0.556. The Kier molecular flexibility index (Phi) is 5.42. The molecule has 5 heteroatoms. The summed E-state index contributed by atoms with van der Waals surface area (Å²) in [6.45, 7) is 5.89. The van der Waals surface area contributed by atoms with Gasteiger partial charge in [0.2, 0.25) is 5.91 Å². The third-order valence-electron chi connectivity index (χ3n) is 3.91. The summed E-state index contributed by atoms with van der Waals surface area (Å²) >= 11 is 0. The summed E-state index contributed by atoms with van der Waals surface area (Å²) in [6.07, 6.45) is 1.46. The smallest absolute Gasteiger partial charge is 0.326 e. The van der Waals surface area contributed by atoms with Crippen molar-refractivity contribution >= 4 is 11.9 Å². The van der Waals surface area contributed by atoms with Crippen LogP contribution in [0.5, 0.6) is 0 Å². The number of carbonyl (C=O) groups is 2. The van der Waals surface area contributed by atoms with Gasteiger partial charge in [0, 0.05) is 12.5 Å². The Bertz CT molecular complexity index is 551. The summed E-state index contributed by atoms with van der Waals surface area (Å²) in [5.74, 6) is -0.378. The second-order valence-corrected chi connectivity index (χ2v) is 7.10. The van der Waals surface area contributed by atoms with Crippen LogP contribution in [0.4, 0.5) is 0 Å². The fourth-order valence-electron chi connectivity index (χ4n) is 2.86. The van der Waals surface area contributed by atoms with Crippen molar-refractivity contribution in [1.29, 1.82) is 0 Å². The number of nitrogens with two attached hydrogens (primary N) is 1. The van der Waals surface area contributed by atoms with E-state index in [1.807, 2.05) is 39.0 Å². The van der Waals surface area contributed by atoms with E-state index in [9.17, 15) is 9.59 Å². The predicted octanol–water partition coefficient (Wildman–Crippen LogP) is 2.06. The van der Waals surface area contributed by atoms with Crippen molar-refractivity contribution in [1.82, 2.24) is 4.90 Å². The Labute approximate surface area is 137 Å². The van der Waals surface area contributed by atoms with Gasteiger partial charge in [0.15, 0.2) is 0 Å². The lowest BCUT2D eigenvalue weighted by atomic mass is 9.94. The van der Waals surface area contributed by atoms with Crippen LogP contribution in [0.25, 0.3) is 0 Å². The van der Waals surface area contributed by atoms with Gasteiger partial charge in [0.1, 0.15) is 12.1 Å². The van der Waals surface area contributed by atoms with Crippen LogP contribution < -0.4 is 5.73 Å². The van der Waals surface area contributed by atoms with E-state index in [2.05, 4.69) is 12.1 Å². The van der Waals surface area contributed by atoms with Gasteiger partial charge < -0.3 is 15.4 Å². The fourth-order valence-corrected chi connectivity index (χ4v) is 2.86. The number of carbonyl (C=O) groups excluding carboxylic acids is 2. The molecule has 1 amide bonds. The number of likely N-dealkylation sites (tertiary alicyclic amines) is 1. The molecule has 23 heavy (non-hydrogen) atoms. The highest BCUT2D eigenvalue weighted by molar-refractivity contribution is 5.86. The van der Waals surface area contributed by atoms with Gasteiger partial charge in [-0.2, -0.15) is 0 Å². The number of ether oxygens (including phenoxy) is 1. The molecule has 0 radical (unpaired) electrons. The van der Waals surface area contributed by atoms with Gasteiger partial charge in [-0.05, 0) is 39.2 Å². The van der Waals surface area contributed by atoms with Crippen LogP contribution >= 0.6 is 0 Å². The first-order chi connectivity index (χ1) is 10.8. The second-order valence-electron chi connectivity index (χ2n) is 7.10. The highest BCUT2D eigenvalue weighted by Gasteiger charge is 2.31. The van der Waals surface area contributed by atoms with Crippen LogP contribution in [0.1, 0.15) is 45.1 Å². The first-order valence-corrected chi connectivity index (χ1v) is 8.07. The van der Waals surface area contributed by atoms with Crippen LogP contribution in [0.15, 0.2) is 30.3 Å². The summed E-state index contributed by atoms with van der Waals surface area (Å²) < 4.78 is 5.33. The summed E-state index contributed by atoms with van der Waals surface area (Å²) in [7, 11) is 0. The van der Waals surface area contributed by atoms with E-state index in [1.54, 1.807) is 4.90 Å². The van der Waals surface area contributed by atoms with Gasteiger partial charge in [-0.1, -0.05) is 30.3 Å². The SMILES string of the molecule is CC(C)(C)OC(=O)CN1CC(c2ccccc2)CCC(N)C1=O. The third-order valence-corrected chi connectivity index (χ3v) is 3.91. The maximum Gasteiger partial charge on any atom is 0.326 e. The molecule has 1 aliphatic heterocycles. The molecule has 0 spiro atoms. The first-order valence-electron chi connectivity index (χ1n) is 8.07. The van der Waals surface area contributed by atoms with Gasteiger partial charge in [0.05, 0.1) is 6.04 Å². The molecule has 126 valence electrons. The molecule has 1 fully saturated rings. The van der Waals surface area contributed by atoms with Crippen molar-refractivity contribution in [2.45, 2.75) is 51.2 Å². The minimum absolute atomic E-state index is 0.0485. The number of hydrogen-bond acceptors (Lipinski definition) is 4. The monoisotopic (exact) mass is 318 g/mol. The molecule has 0 bridgehead atoms. The van der Waals surface area contributed by atoms with Crippen LogP contribution in [-0.4, -0.2) is 41.5 Å². The summed E-state index contributed by atoms with van der Waals surface area (Å²) in [5.41, 5.74) is 6.58. The highest BCUT2D eigenvalue weighted by atomic mass is 16.6. The molecular weight excluding hydrogens is 292 g/mol. The molecule has 1 aliphatic rings. The van der Waals surface area contributed by atoms with Gasteiger partial charge in [-0.25, -0.2) is 0 Å². The van der Waals surface area contributed by atoms with Crippen molar-refractivity contribution < 1.29 is 14.3 Å². The Morgan fingerprint density at radius 1 is 1.26 bits per heavy atom. The molecule has 0 saturated carbocycles. The predicted molar refractivity (Wildman–Crippen MR) is 88.8 cm³/mol. The van der Waals surface area contributed by atoms with E-state index in [0.717, 1.165) is 6.42 Å². The van der Waals surface area contributed by atoms with E-state index in [4.69, 9.17) is 10.5 Å². The zero-order valence-electron chi connectivity index (χ0n) is 14.1. The number of amides is 1. The Balaban J connectivity index is 2.11. The zero-order valence-corrected chi connectivity index (χ0v) is 14.1. The largest absolute Gasteiger partial charge is 0.459 e. The molecule has 1 saturated heterocycles. The second kappa shape index (κ2) is 7.13. The van der Waals surface area contributed by atoms with E-state index in [-0.39, 0.29) is 18.4 Å². The minimum Gasteiger partial charge on any atom is -0.459 e. The van der Waals surface area contributed by atoms with Crippen molar-refractivity contribution in [3.05, 3.63) is 35.9 Å². The zero-order chi connectivity index (χ0) is 17.0. The van der Waals surface area contributed by atoms with Crippen LogP contribution in [-0.2, 0) is 14.3 Å². The lowest BCUT2D eigenvalue weighted by Gasteiger charge is -2.27. The van der Waals surface area contributed by atoms with Gasteiger partial charge in [0.25, 0.3) is 0 Å². The van der Waals surface area contributed by atoms with Crippen LogP contribution in [0.3, 0.4) is 0 Å². The Hall–Kier alpha value is -1.88. The molecule has 2 rings (SSSR count). The molecule has 2 N–H and O–H groups in total. The highest BCUT2D eigenvalue weighted by Crippen LogP contribution is 2.26. The molecule has 0 aliphatic carbocycles. The average molecular weight is 318 g/mol. The minimum atomic E-state index is -0.563. The molecule has 2 unspecified atom stereocenters. The molecular formula is C18H26N2O3. The number of esters is 1. The third kappa shape index (κ3) is 5.06. The average Bonchev–Trinajstić information content (AvgIpc) is 2.60. The van der Waals surface area contributed by atoms with Crippen molar-refractivity contribution in [2.24, 2.45) is 5.73 Å². The maximum atomic E-state index is 12.4. The topological polar surface area (TPSA) is 72.6 Å². The van der Waals surface area contributed by atoms with E-state index in [1.165, 1.54) is 5.56 Å². The number of rotatable bonds is 3. The molecule has 1 aromatic carbocycles. The summed E-state index contributed by atoms with van der Waals surface area (Å²) in [6, 6.07) is 9.50. The lowest BCUT2D eigenvalue weighted by Crippen LogP contribution is -2.46. The van der Waals surface area contributed by atoms with E-state index < -0.39 is 17.6 Å². The Morgan fingerprint density at radius 2 is 1.91 bits per heavy atom. The van der Waals surface area contributed by atoms with Crippen molar-refractivity contribution in [3.8, 4) is 0 Å². The first kappa shape index (κ1) is 17.5. The number of nitrogens with zero attached hydrogens (tertiary/aromatic N) is 1. The lowest BCUT2D eigenvalue weighted by molar-refractivity contribution is -0.159. The molecule has 0 aromatic heterocycles.